The first-order chi connectivity index (χ1) is 10.6. The summed E-state index contributed by atoms with van der Waals surface area (Å²) in [7, 11) is 0. The van der Waals surface area contributed by atoms with Crippen LogP contribution in [0.1, 0.15) is 11.1 Å². The lowest BCUT2D eigenvalue weighted by atomic mass is 9.87. The highest BCUT2D eigenvalue weighted by molar-refractivity contribution is 5.94. The van der Waals surface area contributed by atoms with Crippen LogP contribution in [0.5, 0.6) is 0 Å². The van der Waals surface area contributed by atoms with Crippen molar-refractivity contribution in [3.63, 3.8) is 0 Å². The van der Waals surface area contributed by atoms with Gasteiger partial charge in [0.05, 0.1) is 0 Å². The van der Waals surface area contributed by atoms with Crippen molar-refractivity contribution in [3.8, 4) is 22.3 Å². The SMILES string of the molecule is Cc1ccc(-c2ccccc2N)c(-c2ccccc2N)c1C. The van der Waals surface area contributed by atoms with E-state index in [1.165, 1.54) is 11.1 Å². The lowest BCUT2D eigenvalue weighted by molar-refractivity contribution is 1.34. The fourth-order valence-electron chi connectivity index (χ4n) is 2.85. The summed E-state index contributed by atoms with van der Waals surface area (Å²) < 4.78 is 0. The molecule has 0 fully saturated rings. The molecule has 4 N–H and O–H groups in total. The van der Waals surface area contributed by atoms with Crippen molar-refractivity contribution in [1.82, 2.24) is 0 Å². The van der Waals surface area contributed by atoms with Crippen LogP contribution in [0.2, 0.25) is 0 Å². The maximum atomic E-state index is 6.23. The molecule has 0 atom stereocenters. The van der Waals surface area contributed by atoms with E-state index in [1.54, 1.807) is 0 Å². The molecule has 0 bridgehead atoms. The number of nitrogen functional groups attached to an aromatic ring is 2. The van der Waals surface area contributed by atoms with Crippen LogP contribution in [0, 0.1) is 13.8 Å². The summed E-state index contributed by atoms with van der Waals surface area (Å²) in [5, 5.41) is 0. The van der Waals surface area contributed by atoms with Crippen LogP contribution >= 0.6 is 0 Å². The van der Waals surface area contributed by atoms with Gasteiger partial charge in [-0.05, 0) is 48.2 Å². The zero-order valence-electron chi connectivity index (χ0n) is 12.9. The number of hydrogen-bond acceptors (Lipinski definition) is 2. The summed E-state index contributed by atoms with van der Waals surface area (Å²) in [5.74, 6) is 0. The van der Waals surface area contributed by atoms with Crippen molar-refractivity contribution in [3.05, 3.63) is 71.8 Å². The van der Waals surface area contributed by atoms with Crippen LogP contribution in [-0.2, 0) is 0 Å². The molecule has 3 rings (SSSR count). The minimum absolute atomic E-state index is 0.779. The van der Waals surface area contributed by atoms with Gasteiger partial charge in [0.25, 0.3) is 0 Å². The first-order valence-corrected chi connectivity index (χ1v) is 7.39. The molecule has 0 aliphatic rings. The van der Waals surface area contributed by atoms with Gasteiger partial charge in [-0.2, -0.15) is 0 Å². The van der Waals surface area contributed by atoms with Gasteiger partial charge in [-0.15, -0.1) is 0 Å². The topological polar surface area (TPSA) is 52.0 Å². The van der Waals surface area contributed by atoms with Crippen LogP contribution in [-0.4, -0.2) is 0 Å². The van der Waals surface area contributed by atoms with Gasteiger partial charge in [0.1, 0.15) is 0 Å². The summed E-state index contributed by atoms with van der Waals surface area (Å²) in [6, 6.07) is 20.2. The van der Waals surface area contributed by atoms with Crippen LogP contribution in [0.4, 0.5) is 11.4 Å². The monoisotopic (exact) mass is 288 g/mol. The third kappa shape index (κ3) is 2.33. The van der Waals surface area contributed by atoms with Gasteiger partial charge in [-0.25, -0.2) is 0 Å². The molecule has 0 aliphatic carbocycles. The number of rotatable bonds is 2. The first kappa shape index (κ1) is 14.2. The maximum Gasteiger partial charge on any atom is 0.0394 e. The fraction of sp³-hybridized carbons (Fsp3) is 0.100. The number of nitrogens with two attached hydrogens (primary N) is 2. The van der Waals surface area contributed by atoms with Gasteiger partial charge in [-0.1, -0.05) is 48.5 Å². The molecule has 22 heavy (non-hydrogen) atoms. The van der Waals surface area contributed by atoms with E-state index >= 15 is 0 Å². The Bertz CT molecular complexity index is 835. The van der Waals surface area contributed by atoms with E-state index in [1.807, 2.05) is 36.4 Å². The second-order valence-electron chi connectivity index (χ2n) is 5.60. The smallest absolute Gasteiger partial charge is 0.0394 e. The van der Waals surface area contributed by atoms with Gasteiger partial charge >= 0.3 is 0 Å². The predicted octanol–water partition coefficient (Wildman–Crippen LogP) is 4.80. The molecule has 0 spiro atoms. The van der Waals surface area contributed by atoms with Gasteiger partial charge in [-0.3, -0.25) is 0 Å². The molecule has 2 heteroatoms. The number of para-hydroxylation sites is 2. The molecular weight excluding hydrogens is 268 g/mol. The van der Waals surface area contributed by atoms with E-state index in [2.05, 4.69) is 38.1 Å². The van der Waals surface area contributed by atoms with Gasteiger partial charge < -0.3 is 11.5 Å². The minimum atomic E-state index is 0.779. The Morgan fingerprint density at radius 1 is 0.591 bits per heavy atom. The van der Waals surface area contributed by atoms with E-state index in [0.717, 1.165) is 33.6 Å². The van der Waals surface area contributed by atoms with Crippen molar-refractivity contribution in [2.75, 3.05) is 11.5 Å². The van der Waals surface area contributed by atoms with Crippen molar-refractivity contribution >= 4 is 11.4 Å². The van der Waals surface area contributed by atoms with Crippen LogP contribution in [0.15, 0.2) is 60.7 Å². The molecule has 0 saturated heterocycles. The molecule has 0 radical (unpaired) electrons. The van der Waals surface area contributed by atoms with E-state index in [4.69, 9.17) is 11.5 Å². The molecule has 0 heterocycles. The zero-order valence-corrected chi connectivity index (χ0v) is 12.9. The molecule has 0 unspecified atom stereocenters. The van der Waals surface area contributed by atoms with E-state index < -0.39 is 0 Å². The second-order valence-corrected chi connectivity index (χ2v) is 5.60. The van der Waals surface area contributed by atoms with Gasteiger partial charge in [0, 0.05) is 22.5 Å². The molecule has 110 valence electrons. The van der Waals surface area contributed by atoms with Crippen molar-refractivity contribution in [2.45, 2.75) is 13.8 Å². The van der Waals surface area contributed by atoms with Crippen LogP contribution in [0.3, 0.4) is 0 Å². The van der Waals surface area contributed by atoms with Gasteiger partial charge in [0.2, 0.25) is 0 Å². The minimum Gasteiger partial charge on any atom is -0.398 e. The summed E-state index contributed by atoms with van der Waals surface area (Å²) in [6.45, 7) is 4.26. The average Bonchev–Trinajstić information content (AvgIpc) is 2.52. The Balaban J connectivity index is 2.36. The number of hydrogen-bond donors (Lipinski definition) is 2. The summed E-state index contributed by atoms with van der Waals surface area (Å²) in [6.07, 6.45) is 0. The Morgan fingerprint density at radius 3 is 1.73 bits per heavy atom. The molecule has 0 aromatic heterocycles. The highest BCUT2D eigenvalue weighted by atomic mass is 14.6. The lowest BCUT2D eigenvalue weighted by Gasteiger charge is -2.18. The Hall–Kier alpha value is -2.74. The molecule has 0 amide bonds. The predicted molar refractivity (Wildman–Crippen MR) is 95.6 cm³/mol. The van der Waals surface area contributed by atoms with Gasteiger partial charge in [0.15, 0.2) is 0 Å². The molecular formula is C20H20N2. The van der Waals surface area contributed by atoms with Crippen LogP contribution < -0.4 is 11.5 Å². The van der Waals surface area contributed by atoms with E-state index in [0.29, 0.717) is 0 Å². The average molecular weight is 288 g/mol. The van der Waals surface area contributed by atoms with Crippen molar-refractivity contribution in [2.24, 2.45) is 0 Å². The fourth-order valence-corrected chi connectivity index (χ4v) is 2.85. The summed E-state index contributed by atoms with van der Waals surface area (Å²) >= 11 is 0. The Labute approximate surface area is 131 Å². The zero-order chi connectivity index (χ0) is 15.7. The number of aryl methyl sites for hydroxylation is 1. The maximum absolute atomic E-state index is 6.23. The number of anilines is 2. The number of benzene rings is 3. The van der Waals surface area contributed by atoms with E-state index in [-0.39, 0.29) is 0 Å². The van der Waals surface area contributed by atoms with Crippen LogP contribution in [0.25, 0.3) is 22.3 Å². The molecule has 2 nitrogen and oxygen atoms in total. The molecule has 3 aromatic carbocycles. The summed E-state index contributed by atoms with van der Waals surface area (Å²) in [5.41, 5.74) is 20.9. The highest BCUT2D eigenvalue weighted by Gasteiger charge is 2.15. The quantitative estimate of drug-likeness (QED) is 0.665. The Morgan fingerprint density at radius 2 is 1.14 bits per heavy atom. The molecule has 3 aromatic rings. The normalized spacial score (nSPS) is 10.6. The third-order valence-electron chi connectivity index (χ3n) is 4.22. The van der Waals surface area contributed by atoms with Crippen molar-refractivity contribution < 1.29 is 0 Å². The summed E-state index contributed by atoms with van der Waals surface area (Å²) in [4.78, 5) is 0. The second kappa shape index (κ2) is 5.57. The third-order valence-corrected chi connectivity index (χ3v) is 4.22. The first-order valence-electron chi connectivity index (χ1n) is 7.39. The Kier molecular flexibility index (Phi) is 3.60. The van der Waals surface area contributed by atoms with Crippen molar-refractivity contribution in [1.29, 1.82) is 0 Å². The molecule has 0 aliphatic heterocycles. The standard InChI is InChI=1S/C20H20N2/c1-13-11-12-16(15-7-3-5-9-18(15)21)20(14(13)2)17-8-4-6-10-19(17)22/h3-12H,21-22H2,1-2H3. The largest absolute Gasteiger partial charge is 0.398 e. The highest BCUT2D eigenvalue weighted by Crippen LogP contribution is 2.40. The molecule has 0 saturated carbocycles. The lowest BCUT2D eigenvalue weighted by Crippen LogP contribution is -1.98. The van der Waals surface area contributed by atoms with E-state index in [9.17, 15) is 0 Å².